The SMILES string of the molecule is O=C(O)c1ccc(COc2c(Cl)cc(C=NNC(=O)c3cc4ccccc4cc3O)cc2Cl)cc1. The van der Waals surface area contributed by atoms with Crippen molar-refractivity contribution in [2.45, 2.75) is 6.61 Å². The van der Waals surface area contributed by atoms with Crippen LogP contribution in [0, 0.1) is 0 Å². The lowest BCUT2D eigenvalue weighted by atomic mass is 10.1. The normalized spacial score (nSPS) is 11.0. The highest BCUT2D eigenvalue weighted by Gasteiger charge is 2.13. The van der Waals surface area contributed by atoms with E-state index in [1.54, 1.807) is 30.3 Å². The summed E-state index contributed by atoms with van der Waals surface area (Å²) in [7, 11) is 0. The Kier molecular flexibility index (Phi) is 7.19. The average molecular weight is 509 g/mol. The number of hydrogen-bond donors (Lipinski definition) is 3. The molecule has 4 aromatic carbocycles. The van der Waals surface area contributed by atoms with Gasteiger partial charge in [0.1, 0.15) is 12.4 Å². The summed E-state index contributed by atoms with van der Waals surface area (Å²) in [5.41, 5.74) is 3.91. The molecule has 176 valence electrons. The predicted octanol–water partition coefficient (Wildman–Crippen LogP) is 5.89. The molecular weight excluding hydrogens is 491 g/mol. The Hall–Kier alpha value is -4.07. The van der Waals surface area contributed by atoms with Crippen molar-refractivity contribution >= 4 is 52.1 Å². The minimum absolute atomic E-state index is 0.0945. The number of ether oxygens (including phenoxy) is 1. The zero-order valence-corrected chi connectivity index (χ0v) is 19.5. The molecule has 0 saturated heterocycles. The van der Waals surface area contributed by atoms with Crippen LogP contribution >= 0.6 is 23.2 Å². The van der Waals surface area contributed by atoms with Crippen molar-refractivity contribution in [3.05, 3.63) is 105 Å². The van der Waals surface area contributed by atoms with E-state index in [1.165, 1.54) is 24.4 Å². The van der Waals surface area contributed by atoms with E-state index >= 15 is 0 Å². The molecule has 0 heterocycles. The van der Waals surface area contributed by atoms with E-state index in [9.17, 15) is 14.7 Å². The van der Waals surface area contributed by atoms with Crippen molar-refractivity contribution < 1.29 is 24.5 Å². The van der Waals surface area contributed by atoms with Gasteiger partial charge in [-0.15, -0.1) is 0 Å². The summed E-state index contributed by atoms with van der Waals surface area (Å²) >= 11 is 12.6. The number of nitrogens with zero attached hydrogens (tertiary/aromatic N) is 1. The fourth-order valence-corrected chi connectivity index (χ4v) is 3.94. The lowest BCUT2D eigenvalue weighted by Crippen LogP contribution is -2.17. The Morgan fingerprint density at radius 2 is 1.57 bits per heavy atom. The molecule has 4 rings (SSSR count). The van der Waals surface area contributed by atoms with Gasteiger partial charge in [-0.3, -0.25) is 4.79 Å². The molecule has 1 amide bonds. The van der Waals surface area contributed by atoms with Crippen LogP contribution < -0.4 is 10.2 Å². The zero-order valence-electron chi connectivity index (χ0n) is 18.0. The molecule has 0 atom stereocenters. The van der Waals surface area contributed by atoms with Crippen LogP contribution in [0.4, 0.5) is 0 Å². The van der Waals surface area contributed by atoms with Gasteiger partial charge < -0.3 is 14.9 Å². The van der Waals surface area contributed by atoms with Crippen LogP contribution in [-0.4, -0.2) is 28.3 Å². The van der Waals surface area contributed by atoms with Crippen LogP contribution in [0.3, 0.4) is 0 Å². The van der Waals surface area contributed by atoms with E-state index in [2.05, 4.69) is 10.5 Å². The van der Waals surface area contributed by atoms with Gasteiger partial charge in [0, 0.05) is 0 Å². The maximum absolute atomic E-state index is 12.5. The lowest BCUT2D eigenvalue weighted by molar-refractivity contribution is 0.0696. The number of halogens is 2. The number of phenols is 1. The number of amides is 1. The molecule has 0 saturated carbocycles. The van der Waals surface area contributed by atoms with Crippen molar-refractivity contribution in [1.82, 2.24) is 5.43 Å². The highest BCUT2D eigenvalue weighted by molar-refractivity contribution is 6.37. The third-order valence-electron chi connectivity index (χ3n) is 5.09. The van der Waals surface area contributed by atoms with E-state index < -0.39 is 11.9 Å². The monoisotopic (exact) mass is 508 g/mol. The predicted molar refractivity (Wildman–Crippen MR) is 135 cm³/mol. The van der Waals surface area contributed by atoms with Gasteiger partial charge in [-0.05, 0) is 58.3 Å². The Bertz CT molecular complexity index is 1430. The summed E-state index contributed by atoms with van der Waals surface area (Å²) in [6.07, 6.45) is 1.36. The van der Waals surface area contributed by atoms with Crippen LogP contribution in [0.15, 0.2) is 77.9 Å². The smallest absolute Gasteiger partial charge is 0.335 e. The quantitative estimate of drug-likeness (QED) is 0.213. The summed E-state index contributed by atoms with van der Waals surface area (Å²) in [5, 5.41) is 25.2. The minimum Gasteiger partial charge on any atom is -0.507 e. The number of aromatic carboxylic acids is 1. The summed E-state index contributed by atoms with van der Waals surface area (Å²) in [5.74, 6) is -1.47. The number of fused-ring (bicyclic) bond motifs is 1. The Balaban J connectivity index is 1.42. The van der Waals surface area contributed by atoms with E-state index in [0.29, 0.717) is 5.56 Å². The first kappa shape index (κ1) is 24.1. The summed E-state index contributed by atoms with van der Waals surface area (Å²) in [4.78, 5) is 23.4. The van der Waals surface area contributed by atoms with Gasteiger partial charge in [0.2, 0.25) is 0 Å². The highest BCUT2D eigenvalue weighted by Crippen LogP contribution is 2.34. The van der Waals surface area contributed by atoms with Gasteiger partial charge in [-0.25, -0.2) is 10.2 Å². The van der Waals surface area contributed by atoms with E-state index in [4.69, 9.17) is 33.0 Å². The van der Waals surface area contributed by atoms with Crippen LogP contribution in [0.2, 0.25) is 10.0 Å². The number of rotatable bonds is 7. The van der Waals surface area contributed by atoms with Crippen LogP contribution in [-0.2, 0) is 6.61 Å². The Labute approximate surface area is 210 Å². The number of nitrogens with one attached hydrogen (secondary N) is 1. The second kappa shape index (κ2) is 10.5. The first-order chi connectivity index (χ1) is 16.8. The standard InChI is InChI=1S/C26H18Cl2N2O5/c27-21-9-16(10-22(28)24(21)35-14-15-5-7-17(8-6-15)26(33)34)13-29-30-25(32)20-11-18-3-1-2-4-19(18)12-23(20)31/h1-13,31H,14H2,(H,30,32)(H,33,34). The Morgan fingerprint density at radius 3 is 2.20 bits per heavy atom. The fraction of sp³-hybridized carbons (Fsp3) is 0.0385. The molecule has 4 aromatic rings. The van der Waals surface area contributed by atoms with Gasteiger partial charge in [0.15, 0.2) is 5.75 Å². The molecule has 0 spiro atoms. The van der Waals surface area contributed by atoms with Crippen molar-refractivity contribution in [2.75, 3.05) is 0 Å². The van der Waals surface area contributed by atoms with E-state index in [-0.39, 0.29) is 39.3 Å². The average Bonchev–Trinajstić information content (AvgIpc) is 2.83. The zero-order chi connectivity index (χ0) is 24.9. The first-order valence-electron chi connectivity index (χ1n) is 10.3. The van der Waals surface area contributed by atoms with Crippen molar-refractivity contribution in [3.8, 4) is 11.5 Å². The molecule has 0 bridgehead atoms. The van der Waals surface area contributed by atoms with Crippen LogP contribution in [0.1, 0.15) is 31.8 Å². The number of carbonyl (C=O) groups excluding carboxylic acids is 1. The number of carboxylic acid groups (broad SMARTS) is 1. The molecule has 0 aliphatic heterocycles. The minimum atomic E-state index is -1.01. The highest BCUT2D eigenvalue weighted by atomic mass is 35.5. The summed E-state index contributed by atoms with van der Waals surface area (Å²) in [6, 6.07) is 19.9. The molecule has 9 heteroatoms. The molecule has 0 aliphatic carbocycles. The van der Waals surface area contributed by atoms with Crippen LogP contribution in [0.5, 0.6) is 11.5 Å². The maximum Gasteiger partial charge on any atom is 0.335 e. The van der Waals surface area contributed by atoms with Gasteiger partial charge in [-0.2, -0.15) is 5.10 Å². The number of carboxylic acids is 1. The van der Waals surface area contributed by atoms with E-state index in [1.807, 2.05) is 24.3 Å². The van der Waals surface area contributed by atoms with Gasteiger partial charge in [0.25, 0.3) is 5.91 Å². The van der Waals surface area contributed by atoms with Crippen molar-refractivity contribution in [1.29, 1.82) is 0 Å². The molecule has 0 unspecified atom stereocenters. The second-order valence-corrected chi connectivity index (χ2v) is 8.33. The van der Waals surface area contributed by atoms with Crippen molar-refractivity contribution in [2.24, 2.45) is 5.10 Å². The largest absolute Gasteiger partial charge is 0.507 e. The van der Waals surface area contributed by atoms with Gasteiger partial charge >= 0.3 is 5.97 Å². The molecule has 35 heavy (non-hydrogen) atoms. The molecular formula is C26H18Cl2N2O5. The molecule has 0 radical (unpaired) electrons. The third kappa shape index (κ3) is 5.71. The maximum atomic E-state index is 12.5. The number of carbonyl (C=O) groups is 2. The number of phenolic OH excluding ortho intramolecular Hbond substituents is 1. The molecule has 7 nitrogen and oxygen atoms in total. The molecule has 0 aliphatic rings. The number of hydrazone groups is 1. The summed E-state index contributed by atoms with van der Waals surface area (Å²) in [6.45, 7) is 0.137. The number of benzene rings is 4. The third-order valence-corrected chi connectivity index (χ3v) is 5.65. The lowest BCUT2D eigenvalue weighted by Gasteiger charge is -2.11. The summed E-state index contributed by atoms with van der Waals surface area (Å²) < 4.78 is 5.70. The topological polar surface area (TPSA) is 108 Å². The fourth-order valence-electron chi connectivity index (χ4n) is 3.33. The number of hydrogen-bond acceptors (Lipinski definition) is 5. The number of aromatic hydroxyl groups is 1. The van der Waals surface area contributed by atoms with Gasteiger partial charge in [-0.1, -0.05) is 59.6 Å². The molecule has 0 fully saturated rings. The Morgan fingerprint density at radius 1 is 0.943 bits per heavy atom. The van der Waals surface area contributed by atoms with Crippen molar-refractivity contribution in [3.63, 3.8) is 0 Å². The van der Waals surface area contributed by atoms with Gasteiger partial charge in [0.05, 0.1) is 27.4 Å². The van der Waals surface area contributed by atoms with E-state index in [0.717, 1.165) is 16.3 Å². The first-order valence-corrected chi connectivity index (χ1v) is 11.1. The van der Waals surface area contributed by atoms with Crippen LogP contribution in [0.25, 0.3) is 10.8 Å². The molecule has 3 N–H and O–H groups in total. The molecule has 0 aromatic heterocycles. The second-order valence-electron chi connectivity index (χ2n) is 7.52.